The molecular formula is C8H10ClNO4S2. The van der Waals surface area contributed by atoms with Crippen molar-refractivity contribution in [3.8, 4) is 0 Å². The molecule has 0 aliphatic carbocycles. The highest BCUT2D eigenvalue weighted by molar-refractivity contribution is 7.91. The van der Waals surface area contributed by atoms with E-state index in [1.54, 1.807) is 0 Å². The smallest absolute Gasteiger partial charge is 0.177 e. The van der Waals surface area contributed by atoms with Crippen LogP contribution < -0.4 is 5.73 Å². The van der Waals surface area contributed by atoms with Crippen LogP contribution in [0.1, 0.15) is 0 Å². The van der Waals surface area contributed by atoms with Crippen molar-refractivity contribution in [2.45, 2.75) is 9.79 Å². The molecule has 0 radical (unpaired) electrons. The van der Waals surface area contributed by atoms with E-state index in [0.29, 0.717) is 0 Å². The molecule has 1 rings (SSSR count). The number of rotatable bonds is 2. The van der Waals surface area contributed by atoms with Crippen molar-refractivity contribution >= 4 is 37.0 Å². The molecular weight excluding hydrogens is 274 g/mol. The van der Waals surface area contributed by atoms with Crippen molar-refractivity contribution in [3.05, 3.63) is 17.2 Å². The van der Waals surface area contributed by atoms with Gasteiger partial charge in [-0.25, -0.2) is 16.8 Å². The molecule has 1 aromatic rings. The number of hydrogen-bond acceptors (Lipinski definition) is 5. The summed E-state index contributed by atoms with van der Waals surface area (Å²) in [4.78, 5) is -0.451. The summed E-state index contributed by atoms with van der Waals surface area (Å²) < 4.78 is 45.3. The second-order valence-corrected chi connectivity index (χ2v) is 7.77. The SMILES string of the molecule is CS(=O)(=O)c1cc(Cl)c(N)c(S(C)(=O)=O)c1. The summed E-state index contributed by atoms with van der Waals surface area (Å²) in [6.45, 7) is 0. The summed E-state index contributed by atoms with van der Waals surface area (Å²) in [6.07, 6.45) is 1.89. The van der Waals surface area contributed by atoms with Crippen molar-refractivity contribution in [1.82, 2.24) is 0 Å². The maximum atomic E-state index is 11.4. The Kier molecular flexibility index (Phi) is 3.24. The second-order valence-electron chi connectivity index (χ2n) is 3.36. The highest BCUT2D eigenvalue weighted by Gasteiger charge is 2.19. The molecule has 5 nitrogen and oxygen atoms in total. The Labute approximate surface area is 99.1 Å². The lowest BCUT2D eigenvalue weighted by atomic mass is 10.3. The Morgan fingerprint density at radius 2 is 1.56 bits per heavy atom. The van der Waals surface area contributed by atoms with Crippen LogP contribution in [0.5, 0.6) is 0 Å². The van der Waals surface area contributed by atoms with E-state index in [2.05, 4.69) is 0 Å². The Hall–Kier alpha value is -0.790. The lowest BCUT2D eigenvalue weighted by molar-refractivity contribution is 0.600. The average molecular weight is 284 g/mol. The first-order valence-electron chi connectivity index (χ1n) is 4.02. The van der Waals surface area contributed by atoms with Crippen LogP contribution in [0.25, 0.3) is 0 Å². The van der Waals surface area contributed by atoms with Crippen LogP contribution in [0.4, 0.5) is 5.69 Å². The van der Waals surface area contributed by atoms with Gasteiger partial charge in [0.15, 0.2) is 19.7 Å². The first-order chi connectivity index (χ1) is 7.03. The molecule has 0 atom stereocenters. The molecule has 0 aliphatic heterocycles. The van der Waals surface area contributed by atoms with Gasteiger partial charge in [-0.2, -0.15) is 0 Å². The number of benzene rings is 1. The molecule has 2 N–H and O–H groups in total. The van der Waals surface area contributed by atoms with E-state index in [9.17, 15) is 16.8 Å². The Morgan fingerprint density at radius 1 is 1.06 bits per heavy atom. The van der Waals surface area contributed by atoms with Crippen LogP contribution in [-0.4, -0.2) is 29.3 Å². The number of sulfone groups is 2. The lowest BCUT2D eigenvalue weighted by Gasteiger charge is -2.08. The highest BCUT2D eigenvalue weighted by atomic mass is 35.5. The van der Waals surface area contributed by atoms with Gasteiger partial charge >= 0.3 is 0 Å². The van der Waals surface area contributed by atoms with Gasteiger partial charge in [0.2, 0.25) is 0 Å². The van der Waals surface area contributed by atoms with Gasteiger partial charge in [-0.1, -0.05) is 11.6 Å². The maximum absolute atomic E-state index is 11.4. The Morgan fingerprint density at radius 3 is 1.94 bits per heavy atom. The summed E-state index contributed by atoms with van der Waals surface area (Å²) in [5.41, 5.74) is 5.33. The minimum atomic E-state index is -3.61. The van der Waals surface area contributed by atoms with Crippen molar-refractivity contribution in [2.24, 2.45) is 0 Å². The molecule has 0 spiro atoms. The fraction of sp³-hybridized carbons (Fsp3) is 0.250. The topological polar surface area (TPSA) is 94.3 Å². The van der Waals surface area contributed by atoms with E-state index in [1.165, 1.54) is 0 Å². The molecule has 0 fully saturated rings. The van der Waals surface area contributed by atoms with E-state index in [-0.39, 0.29) is 20.5 Å². The van der Waals surface area contributed by atoms with E-state index >= 15 is 0 Å². The van der Waals surface area contributed by atoms with Gasteiger partial charge in [-0.15, -0.1) is 0 Å². The van der Waals surface area contributed by atoms with Crippen molar-refractivity contribution in [2.75, 3.05) is 18.2 Å². The standard InChI is InChI=1S/C8H10ClNO4S2/c1-15(11,12)5-3-6(9)8(10)7(4-5)16(2,13)14/h3-4H,10H2,1-2H3. The summed E-state index contributed by atoms with van der Waals surface area (Å²) in [7, 11) is -7.14. The molecule has 0 aliphatic rings. The summed E-state index contributed by atoms with van der Waals surface area (Å²) >= 11 is 5.68. The maximum Gasteiger partial charge on any atom is 0.177 e. The van der Waals surface area contributed by atoms with E-state index in [1.807, 2.05) is 0 Å². The van der Waals surface area contributed by atoms with Gasteiger partial charge in [-0.3, -0.25) is 0 Å². The van der Waals surface area contributed by atoms with Crippen LogP contribution >= 0.6 is 11.6 Å². The number of nitrogen functional groups attached to an aromatic ring is 1. The van der Waals surface area contributed by atoms with E-state index in [0.717, 1.165) is 24.6 Å². The zero-order valence-electron chi connectivity index (χ0n) is 8.56. The van der Waals surface area contributed by atoms with E-state index in [4.69, 9.17) is 17.3 Å². The predicted octanol–water partition coefficient (Wildman–Crippen LogP) is 0.729. The number of halogens is 1. The normalized spacial score (nSPS) is 12.7. The predicted molar refractivity (Wildman–Crippen MR) is 62.1 cm³/mol. The molecule has 0 amide bonds. The van der Waals surface area contributed by atoms with Gasteiger partial charge in [0.25, 0.3) is 0 Å². The molecule has 8 heteroatoms. The zero-order valence-corrected chi connectivity index (χ0v) is 10.9. The third kappa shape index (κ3) is 2.66. The summed E-state index contributed by atoms with van der Waals surface area (Å²) in [6, 6.07) is 2.13. The Bertz CT molecular complexity index is 634. The lowest BCUT2D eigenvalue weighted by Crippen LogP contribution is -2.06. The highest BCUT2D eigenvalue weighted by Crippen LogP contribution is 2.30. The third-order valence-electron chi connectivity index (χ3n) is 1.89. The number of nitrogens with two attached hydrogens (primary N) is 1. The minimum absolute atomic E-state index is 0.0941. The molecule has 1 aromatic carbocycles. The first kappa shape index (κ1) is 13.3. The first-order valence-corrected chi connectivity index (χ1v) is 8.18. The van der Waals surface area contributed by atoms with E-state index < -0.39 is 19.7 Å². The van der Waals surface area contributed by atoms with Crippen molar-refractivity contribution < 1.29 is 16.8 Å². The third-order valence-corrected chi connectivity index (χ3v) is 4.43. The van der Waals surface area contributed by atoms with Crippen LogP contribution in [0.15, 0.2) is 21.9 Å². The monoisotopic (exact) mass is 283 g/mol. The van der Waals surface area contributed by atoms with Gasteiger partial charge < -0.3 is 5.73 Å². The molecule has 0 aromatic heterocycles. The fourth-order valence-electron chi connectivity index (χ4n) is 1.09. The molecule has 16 heavy (non-hydrogen) atoms. The number of hydrogen-bond donors (Lipinski definition) is 1. The van der Waals surface area contributed by atoms with Crippen LogP contribution in [0.2, 0.25) is 5.02 Å². The number of anilines is 1. The molecule has 0 saturated carbocycles. The average Bonchev–Trinajstić information content (AvgIpc) is 2.05. The largest absolute Gasteiger partial charge is 0.396 e. The zero-order chi connectivity index (χ0) is 12.7. The van der Waals surface area contributed by atoms with Crippen LogP contribution in [-0.2, 0) is 19.7 Å². The Balaban J connectivity index is 3.72. The molecule has 0 heterocycles. The van der Waals surface area contributed by atoms with Crippen LogP contribution in [0, 0.1) is 0 Å². The molecule has 90 valence electrons. The van der Waals surface area contributed by atoms with Gasteiger partial charge in [-0.05, 0) is 12.1 Å². The van der Waals surface area contributed by atoms with Gasteiger partial charge in [0, 0.05) is 12.5 Å². The quantitative estimate of drug-likeness (QED) is 0.808. The van der Waals surface area contributed by atoms with Crippen molar-refractivity contribution in [3.63, 3.8) is 0 Å². The summed E-state index contributed by atoms with van der Waals surface area (Å²) in [5.74, 6) is 0. The minimum Gasteiger partial charge on any atom is -0.396 e. The summed E-state index contributed by atoms with van der Waals surface area (Å²) in [5, 5.41) is -0.0941. The molecule has 0 unspecified atom stereocenters. The van der Waals surface area contributed by atoms with Crippen molar-refractivity contribution in [1.29, 1.82) is 0 Å². The van der Waals surface area contributed by atoms with Gasteiger partial charge in [0.1, 0.15) is 0 Å². The molecule has 0 bridgehead atoms. The van der Waals surface area contributed by atoms with Crippen LogP contribution in [0.3, 0.4) is 0 Å². The second kappa shape index (κ2) is 3.90. The fourth-order valence-corrected chi connectivity index (χ4v) is 3.02. The van der Waals surface area contributed by atoms with Gasteiger partial charge in [0.05, 0.1) is 20.5 Å². The molecule has 0 saturated heterocycles.